The summed E-state index contributed by atoms with van der Waals surface area (Å²) in [5, 5.41) is 3.35. The van der Waals surface area contributed by atoms with E-state index in [4.69, 9.17) is 4.74 Å². The minimum Gasteiger partial charge on any atom is -0.493 e. The summed E-state index contributed by atoms with van der Waals surface area (Å²) in [5.41, 5.74) is 4.27. The molecule has 1 heterocycles. The predicted octanol–water partition coefficient (Wildman–Crippen LogP) is 3.14. The number of aromatic nitrogens is 1. The zero-order valence-electron chi connectivity index (χ0n) is 12.2. The molecular formula is C15H22N2OSi. The zero-order valence-corrected chi connectivity index (χ0v) is 13.2. The van der Waals surface area contributed by atoms with Gasteiger partial charge in [-0.3, -0.25) is 0 Å². The number of nitrogens with zero attached hydrogens (tertiary/aromatic N) is 1. The van der Waals surface area contributed by atoms with E-state index in [-0.39, 0.29) is 0 Å². The van der Waals surface area contributed by atoms with Crippen molar-refractivity contribution >= 4 is 13.9 Å². The molecule has 4 heteroatoms. The molecule has 0 spiro atoms. The first-order chi connectivity index (χ1) is 8.98. The predicted molar refractivity (Wildman–Crippen MR) is 82.2 cm³/mol. The number of methoxy groups -OCH3 is 1. The normalized spacial score (nSPS) is 14.5. The number of nitrogens with one attached hydrogen (secondary N) is 1. The van der Waals surface area contributed by atoms with Crippen LogP contribution in [0.25, 0.3) is 0 Å². The summed E-state index contributed by atoms with van der Waals surface area (Å²) in [6.07, 6.45) is 4.48. The Balaban J connectivity index is 2.11. The lowest BCUT2D eigenvalue weighted by atomic mass is 10.3. The maximum absolute atomic E-state index is 5.39. The zero-order chi connectivity index (χ0) is 13.9. The van der Waals surface area contributed by atoms with Crippen molar-refractivity contribution in [3.8, 4) is 17.2 Å². The topological polar surface area (TPSA) is 34.1 Å². The van der Waals surface area contributed by atoms with E-state index in [1.54, 1.807) is 7.11 Å². The van der Waals surface area contributed by atoms with Gasteiger partial charge < -0.3 is 10.1 Å². The molecule has 19 heavy (non-hydrogen) atoms. The van der Waals surface area contributed by atoms with Crippen molar-refractivity contribution in [3.05, 3.63) is 17.8 Å². The first-order valence-corrected chi connectivity index (χ1v) is 10.3. The molecule has 0 atom stereocenters. The Morgan fingerprint density at radius 1 is 1.42 bits per heavy atom. The Labute approximate surface area is 116 Å². The molecule has 0 saturated heterocycles. The van der Waals surface area contributed by atoms with Gasteiger partial charge in [0.25, 0.3) is 0 Å². The molecule has 0 aliphatic heterocycles. The summed E-state index contributed by atoms with van der Waals surface area (Å²) in [6.45, 7) is 7.69. The minimum atomic E-state index is -1.35. The molecule has 0 radical (unpaired) electrons. The van der Waals surface area contributed by atoms with Crippen molar-refractivity contribution < 1.29 is 4.74 Å². The summed E-state index contributed by atoms with van der Waals surface area (Å²) < 4.78 is 5.39. The highest BCUT2D eigenvalue weighted by molar-refractivity contribution is 6.83. The van der Waals surface area contributed by atoms with E-state index in [1.807, 2.05) is 12.3 Å². The monoisotopic (exact) mass is 274 g/mol. The summed E-state index contributed by atoms with van der Waals surface area (Å²) in [6, 6.07) is 1.97. The van der Waals surface area contributed by atoms with Gasteiger partial charge in [0, 0.05) is 24.4 Å². The molecule has 2 rings (SSSR count). The van der Waals surface area contributed by atoms with Gasteiger partial charge in [-0.2, -0.15) is 0 Å². The standard InChI is InChI=1S/C15H22N2OSi/c1-18-14-9-13(7-8-19(2,3)4)11-17-15(14)16-10-12-5-6-12/h9,11-12H,5-6,10H2,1-4H3,(H,16,17). The van der Waals surface area contributed by atoms with Gasteiger partial charge in [-0.05, 0) is 18.8 Å². The molecule has 1 aromatic heterocycles. The van der Waals surface area contributed by atoms with Crippen molar-refractivity contribution in [2.75, 3.05) is 19.0 Å². The van der Waals surface area contributed by atoms with Gasteiger partial charge in [-0.25, -0.2) is 4.98 Å². The fourth-order valence-electron chi connectivity index (χ4n) is 1.62. The molecule has 102 valence electrons. The molecular weight excluding hydrogens is 252 g/mol. The van der Waals surface area contributed by atoms with Crippen LogP contribution in [-0.2, 0) is 0 Å². The third kappa shape index (κ3) is 4.60. The Kier molecular flexibility index (Phi) is 4.16. The summed E-state index contributed by atoms with van der Waals surface area (Å²) in [5.74, 6) is 5.63. The highest BCUT2D eigenvalue weighted by Crippen LogP contribution is 2.30. The van der Waals surface area contributed by atoms with E-state index >= 15 is 0 Å². The number of rotatable bonds is 4. The highest BCUT2D eigenvalue weighted by Gasteiger charge is 2.21. The lowest BCUT2D eigenvalue weighted by Gasteiger charge is -2.10. The van der Waals surface area contributed by atoms with E-state index in [2.05, 4.69) is 41.4 Å². The van der Waals surface area contributed by atoms with E-state index in [0.29, 0.717) is 0 Å². The van der Waals surface area contributed by atoms with Gasteiger partial charge >= 0.3 is 0 Å². The first kappa shape index (κ1) is 13.9. The molecule has 1 N–H and O–H groups in total. The molecule has 1 aliphatic rings. The second-order valence-corrected chi connectivity index (χ2v) is 10.8. The average molecular weight is 274 g/mol. The van der Waals surface area contributed by atoms with E-state index in [9.17, 15) is 0 Å². The first-order valence-electron chi connectivity index (χ1n) is 6.79. The average Bonchev–Trinajstić information content (AvgIpc) is 3.17. The van der Waals surface area contributed by atoms with Gasteiger partial charge in [0.2, 0.25) is 0 Å². The van der Waals surface area contributed by atoms with Crippen LogP contribution in [0.3, 0.4) is 0 Å². The third-order valence-electron chi connectivity index (χ3n) is 2.91. The maximum atomic E-state index is 5.39. The lowest BCUT2D eigenvalue weighted by molar-refractivity contribution is 0.414. The molecule has 0 bridgehead atoms. The van der Waals surface area contributed by atoms with Crippen LogP contribution in [0.1, 0.15) is 18.4 Å². The molecule has 0 aromatic carbocycles. The van der Waals surface area contributed by atoms with Crippen LogP contribution in [0.5, 0.6) is 5.75 Å². The van der Waals surface area contributed by atoms with Crippen LogP contribution < -0.4 is 10.1 Å². The van der Waals surface area contributed by atoms with Crippen molar-refractivity contribution in [1.29, 1.82) is 0 Å². The fraction of sp³-hybridized carbons (Fsp3) is 0.533. The smallest absolute Gasteiger partial charge is 0.168 e. The number of anilines is 1. The quantitative estimate of drug-likeness (QED) is 0.676. The van der Waals surface area contributed by atoms with Crippen LogP contribution in [0, 0.1) is 17.4 Å². The maximum Gasteiger partial charge on any atom is 0.168 e. The number of pyridine rings is 1. The SMILES string of the molecule is COc1cc(C#C[Si](C)(C)C)cnc1NCC1CC1. The molecule has 0 amide bonds. The lowest BCUT2D eigenvalue weighted by Crippen LogP contribution is -2.16. The van der Waals surface area contributed by atoms with Crippen LogP contribution in [-0.4, -0.2) is 26.7 Å². The molecule has 3 nitrogen and oxygen atoms in total. The van der Waals surface area contributed by atoms with E-state index in [0.717, 1.165) is 29.6 Å². The Morgan fingerprint density at radius 3 is 2.74 bits per heavy atom. The molecule has 1 saturated carbocycles. The van der Waals surface area contributed by atoms with Gasteiger partial charge in [-0.15, -0.1) is 5.54 Å². The van der Waals surface area contributed by atoms with Crippen molar-refractivity contribution in [2.45, 2.75) is 32.5 Å². The van der Waals surface area contributed by atoms with Crippen molar-refractivity contribution in [1.82, 2.24) is 4.98 Å². The highest BCUT2D eigenvalue weighted by atomic mass is 28.3. The second-order valence-electron chi connectivity index (χ2n) is 6.10. The van der Waals surface area contributed by atoms with E-state index in [1.165, 1.54) is 12.8 Å². The largest absolute Gasteiger partial charge is 0.493 e. The summed E-state index contributed by atoms with van der Waals surface area (Å²) in [4.78, 5) is 4.43. The number of ether oxygens (including phenoxy) is 1. The fourth-order valence-corrected chi connectivity index (χ4v) is 2.14. The molecule has 1 aromatic rings. The Bertz CT molecular complexity index is 507. The minimum absolute atomic E-state index is 0.781. The summed E-state index contributed by atoms with van der Waals surface area (Å²) >= 11 is 0. The molecule has 0 unspecified atom stereocenters. The molecule has 1 fully saturated rings. The van der Waals surface area contributed by atoms with Gasteiger partial charge in [0.1, 0.15) is 8.07 Å². The number of hydrogen-bond donors (Lipinski definition) is 1. The number of hydrogen-bond acceptors (Lipinski definition) is 3. The Hall–Kier alpha value is -1.47. The van der Waals surface area contributed by atoms with Crippen LogP contribution in [0.2, 0.25) is 19.6 Å². The third-order valence-corrected chi connectivity index (χ3v) is 3.78. The Morgan fingerprint density at radius 2 is 2.16 bits per heavy atom. The molecule has 1 aliphatic carbocycles. The van der Waals surface area contributed by atoms with Crippen LogP contribution >= 0.6 is 0 Å². The van der Waals surface area contributed by atoms with Crippen LogP contribution in [0.4, 0.5) is 5.82 Å². The van der Waals surface area contributed by atoms with Gasteiger partial charge in [0.05, 0.1) is 7.11 Å². The summed E-state index contributed by atoms with van der Waals surface area (Å²) in [7, 11) is 0.327. The van der Waals surface area contributed by atoms with Crippen molar-refractivity contribution in [2.24, 2.45) is 5.92 Å². The van der Waals surface area contributed by atoms with Crippen LogP contribution in [0.15, 0.2) is 12.3 Å². The second kappa shape index (κ2) is 5.66. The van der Waals surface area contributed by atoms with Gasteiger partial charge in [-0.1, -0.05) is 25.6 Å². The van der Waals surface area contributed by atoms with Gasteiger partial charge in [0.15, 0.2) is 11.6 Å². The van der Waals surface area contributed by atoms with E-state index < -0.39 is 8.07 Å². The van der Waals surface area contributed by atoms with Crippen molar-refractivity contribution in [3.63, 3.8) is 0 Å².